The lowest BCUT2D eigenvalue weighted by Crippen LogP contribution is -2.56. The molecule has 25 heavy (non-hydrogen) atoms. The van der Waals surface area contributed by atoms with Gasteiger partial charge in [-0.1, -0.05) is 39.0 Å². The monoisotopic (exact) mass is 349 g/mol. The highest BCUT2D eigenvalue weighted by atomic mass is 16.5. The molecular formula is C20H35N3O2. The Labute approximate surface area is 152 Å². The Morgan fingerprint density at radius 3 is 2.20 bits per heavy atom. The van der Waals surface area contributed by atoms with E-state index in [2.05, 4.69) is 22.9 Å². The Kier molecular flexibility index (Phi) is 5.63. The number of nitrogens with zero attached hydrogens (tertiary/aromatic N) is 1. The molecule has 5 nitrogen and oxygen atoms in total. The molecule has 0 aromatic rings. The first kappa shape index (κ1) is 17.7. The zero-order valence-corrected chi connectivity index (χ0v) is 15.7. The Morgan fingerprint density at radius 1 is 0.880 bits per heavy atom. The van der Waals surface area contributed by atoms with E-state index in [-0.39, 0.29) is 24.0 Å². The van der Waals surface area contributed by atoms with Crippen molar-refractivity contribution >= 4 is 5.97 Å². The van der Waals surface area contributed by atoms with Gasteiger partial charge in [0.2, 0.25) is 0 Å². The average Bonchev–Trinajstić information content (AvgIpc) is 3.08. The van der Waals surface area contributed by atoms with Crippen LogP contribution in [0.3, 0.4) is 0 Å². The number of hydrogen-bond donors (Lipinski definition) is 2. The number of nitrogens with one attached hydrogen (secondary N) is 2. The third-order valence-corrected chi connectivity index (χ3v) is 6.93. The van der Waals surface area contributed by atoms with Gasteiger partial charge < -0.3 is 4.74 Å². The second-order valence-corrected chi connectivity index (χ2v) is 8.92. The molecule has 0 radical (unpaired) electrons. The summed E-state index contributed by atoms with van der Waals surface area (Å²) in [5.74, 6) is 0.914. The fourth-order valence-corrected chi connectivity index (χ4v) is 5.34. The van der Waals surface area contributed by atoms with Gasteiger partial charge in [0.25, 0.3) is 0 Å². The molecule has 3 aliphatic carbocycles. The first-order valence-corrected chi connectivity index (χ1v) is 10.7. The molecule has 4 rings (SSSR count). The quantitative estimate of drug-likeness (QED) is 0.766. The highest BCUT2D eigenvalue weighted by molar-refractivity contribution is 5.72. The van der Waals surface area contributed by atoms with Gasteiger partial charge in [0.05, 0.1) is 12.0 Å². The number of fused-ring (bicyclic) bond motifs is 1. The molecule has 4 aliphatic rings. The molecular weight excluding hydrogens is 314 g/mol. The van der Waals surface area contributed by atoms with Gasteiger partial charge in [0.15, 0.2) is 0 Å². The summed E-state index contributed by atoms with van der Waals surface area (Å²) >= 11 is 0. The summed E-state index contributed by atoms with van der Waals surface area (Å²) in [5, 5.41) is 2.23. The second-order valence-electron chi connectivity index (χ2n) is 8.92. The van der Waals surface area contributed by atoms with Crippen LogP contribution < -0.4 is 10.9 Å². The minimum absolute atomic E-state index is 0.0331. The molecule has 1 heterocycles. The van der Waals surface area contributed by atoms with Gasteiger partial charge >= 0.3 is 5.97 Å². The van der Waals surface area contributed by atoms with Gasteiger partial charge in [0, 0.05) is 12.1 Å². The fourth-order valence-electron chi connectivity index (χ4n) is 5.34. The predicted octanol–water partition coefficient (Wildman–Crippen LogP) is 3.30. The van der Waals surface area contributed by atoms with Gasteiger partial charge in [-0.2, -0.15) is 5.12 Å². The molecule has 1 aliphatic heterocycles. The predicted molar refractivity (Wildman–Crippen MR) is 97.4 cm³/mol. The summed E-state index contributed by atoms with van der Waals surface area (Å²) < 4.78 is 6.10. The Hall–Kier alpha value is -0.650. The van der Waals surface area contributed by atoms with E-state index in [9.17, 15) is 4.79 Å². The van der Waals surface area contributed by atoms with Crippen molar-refractivity contribution in [2.75, 3.05) is 0 Å². The number of rotatable bonds is 3. The standard InChI is InChI=1S/C20H35N3O2/c1-14-11-12-19(25-20(24)15-7-3-2-4-8-15)18(13-14)23-21-16-9-5-6-10-17(16)22-23/h14-19,21-22H,2-13H2,1H3. The first-order chi connectivity index (χ1) is 12.2. The number of carbonyl (C=O) groups excluding carboxylic acids is 1. The first-order valence-electron chi connectivity index (χ1n) is 10.7. The van der Waals surface area contributed by atoms with E-state index in [1.165, 1.54) is 51.4 Å². The maximum atomic E-state index is 12.7. The van der Waals surface area contributed by atoms with Crippen LogP contribution in [0, 0.1) is 11.8 Å². The lowest BCUT2D eigenvalue weighted by atomic mass is 9.84. The van der Waals surface area contributed by atoms with Crippen molar-refractivity contribution < 1.29 is 9.53 Å². The van der Waals surface area contributed by atoms with Gasteiger partial charge in [-0.3, -0.25) is 4.79 Å². The molecule has 2 N–H and O–H groups in total. The Balaban J connectivity index is 1.39. The second kappa shape index (κ2) is 7.93. The van der Waals surface area contributed by atoms with Crippen LogP contribution in [0.5, 0.6) is 0 Å². The molecule has 0 amide bonds. The molecule has 4 fully saturated rings. The molecule has 5 heteroatoms. The minimum Gasteiger partial charge on any atom is -0.460 e. The van der Waals surface area contributed by atoms with E-state index >= 15 is 0 Å². The maximum absolute atomic E-state index is 12.7. The molecule has 1 saturated heterocycles. The van der Waals surface area contributed by atoms with E-state index in [1.54, 1.807) is 0 Å². The number of hydrazine groups is 2. The summed E-state index contributed by atoms with van der Waals surface area (Å²) in [6.07, 6.45) is 14.1. The van der Waals surface area contributed by atoms with Crippen LogP contribution in [0.1, 0.15) is 84.0 Å². The van der Waals surface area contributed by atoms with Crippen LogP contribution in [-0.2, 0) is 9.53 Å². The summed E-state index contributed by atoms with van der Waals surface area (Å²) in [7, 11) is 0. The van der Waals surface area contributed by atoms with Gasteiger partial charge in [-0.25, -0.2) is 10.9 Å². The molecule has 3 saturated carbocycles. The maximum Gasteiger partial charge on any atom is 0.309 e. The molecule has 0 aromatic heterocycles. The van der Waals surface area contributed by atoms with Gasteiger partial charge in [-0.15, -0.1) is 0 Å². The third-order valence-electron chi connectivity index (χ3n) is 6.93. The van der Waals surface area contributed by atoms with Crippen LogP contribution in [0.15, 0.2) is 0 Å². The van der Waals surface area contributed by atoms with Crippen molar-refractivity contribution in [3.8, 4) is 0 Å². The van der Waals surface area contributed by atoms with Crippen molar-refractivity contribution in [2.24, 2.45) is 11.8 Å². The normalized spacial score (nSPS) is 40.6. The van der Waals surface area contributed by atoms with E-state index in [0.717, 1.165) is 25.7 Å². The average molecular weight is 350 g/mol. The van der Waals surface area contributed by atoms with E-state index in [1.807, 2.05) is 0 Å². The van der Waals surface area contributed by atoms with Crippen LogP contribution in [0.2, 0.25) is 0 Å². The number of hydrogen-bond acceptors (Lipinski definition) is 5. The van der Waals surface area contributed by atoms with E-state index < -0.39 is 0 Å². The van der Waals surface area contributed by atoms with Crippen molar-refractivity contribution in [1.29, 1.82) is 0 Å². The molecule has 0 spiro atoms. The Bertz CT molecular complexity index is 452. The molecule has 5 unspecified atom stereocenters. The summed E-state index contributed by atoms with van der Waals surface area (Å²) in [6, 6.07) is 1.38. The number of esters is 1. The highest BCUT2D eigenvalue weighted by Crippen LogP contribution is 2.33. The molecule has 5 atom stereocenters. The fraction of sp³-hybridized carbons (Fsp3) is 0.950. The minimum atomic E-state index is 0.0331. The highest BCUT2D eigenvalue weighted by Gasteiger charge is 2.43. The summed E-state index contributed by atoms with van der Waals surface area (Å²) in [4.78, 5) is 12.7. The van der Waals surface area contributed by atoms with Crippen molar-refractivity contribution in [3.05, 3.63) is 0 Å². The van der Waals surface area contributed by atoms with Crippen LogP contribution in [0.25, 0.3) is 0 Å². The van der Waals surface area contributed by atoms with Crippen molar-refractivity contribution in [1.82, 2.24) is 16.0 Å². The van der Waals surface area contributed by atoms with Crippen LogP contribution >= 0.6 is 0 Å². The van der Waals surface area contributed by atoms with Gasteiger partial charge in [-0.05, 0) is 50.9 Å². The lowest BCUT2D eigenvalue weighted by molar-refractivity contribution is -0.163. The van der Waals surface area contributed by atoms with Crippen LogP contribution in [-0.4, -0.2) is 35.3 Å². The SMILES string of the molecule is CC1CCC(OC(=O)C2CCCCC2)C(N2NC3CCCCC3N2)C1. The summed E-state index contributed by atoms with van der Waals surface area (Å²) in [5.41, 5.74) is 7.39. The number of ether oxygens (including phenoxy) is 1. The Morgan fingerprint density at radius 2 is 1.52 bits per heavy atom. The number of carbonyl (C=O) groups is 1. The largest absolute Gasteiger partial charge is 0.460 e. The van der Waals surface area contributed by atoms with Crippen molar-refractivity contribution in [3.63, 3.8) is 0 Å². The molecule has 0 bridgehead atoms. The smallest absolute Gasteiger partial charge is 0.309 e. The zero-order valence-electron chi connectivity index (χ0n) is 15.7. The van der Waals surface area contributed by atoms with Crippen molar-refractivity contribution in [2.45, 2.75) is 108 Å². The molecule has 0 aromatic carbocycles. The lowest BCUT2D eigenvalue weighted by Gasteiger charge is -2.40. The van der Waals surface area contributed by atoms with E-state index in [0.29, 0.717) is 18.0 Å². The van der Waals surface area contributed by atoms with Crippen LogP contribution in [0.4, 0.5) is 0 Å². The molecule has 142 valence electrons. The van der Waals surface area contributed by atoms with E-state index in [4.69, 9.17) is 4.74 Å². The topological polar surface area (TPSA) is 53.6 Å². The summed E-state index contributed by atoms with van der Waals surface area (Å²) in [6.45, 7) is 2.33. The third kappa shape index (κ3) is 4.04. The zero-order chi connectivity index (χ0) is 17.2. The van der Waals surface area contributed by atoms with Gasteiger partial charge in [0.1, 0.15) is 6.10 Å².